The Morgan fingerprint density at radius 2 is 2.06 bits per heavy atom. The standard InChI is InChI=1S/C16H25NO/c1-4-13-12-16(3,5-2)17(10-11-18)15-9-7-6-8-14(13)15/h6-9,13,18H,4-5,10-12H2,1-3H3. The minimum Gasteiger partial charge on any atom is -0.395 e. The molecule has 0 aliphatic carbocycles. The van der Waals surface area contributed by atoms with Crippen molar-refractivity contribution in [2.75, 3.05) is 18.1 Å². The molecule has 0 spiro atoms. The van der Waals surface area contributed by atoms with Crippen molar-refractivity contribution in [3.63, 3.8) is 0 Å². The summed E-state index contributed by atoms with van der Waals surface area (Å²) in [5, 5.41) is 9.35. The molecule has 1 aliphatic rings. The fourth-order valence-corrected chi connectivity index (χ4v) is 3.31. The Kier molecular flexibility index (Phi) is 3.96. The molecule has 1 N–H and O–H groups in total. The molecule has 0 bridgehead atoms. The molecule has 2 heteroatoms. The Labute approximate surface area is 111 Å². The summed E-state index contributed by atoms with van der Waals surface area (Å²) < 4.78 is 0. The quantitative estimate of drug-likeness (QED) is 0.879. The summed E-state index contributed by atoms with van der Waals surface area (Å²) in [6.45, 7) is 7.82. The van der Waals surface area contributed by atoms with E-state index < -0.39 is 0 Å². The van der Waals surface area contributed by atoms with Crippen molar-refractivity contribution in [3.05, 3.63) is 29.8 Å². The van der Waals surface area contributed by atoms with Gasteiger partial charge in [-0.3, -0.25) is 0 Å². The van der Waals surface area contributed by atoms with Gasteiger partial charge < -0.3 is 10.0 Å². The van der Waals surface area contributed by atoms with Gasteiger partial charge in [-0.2, -0.15) is 0 Å². The minimum atomic E-state index is 0.178. The molecule has 0 fully saturated rings. The topological polar surface area (TPSA) is 23.5 Å². The number of rotatable bonds is 4. The average Bonchev–Trinajstić information content (AvgIpc) is 2.42. The first-order valence-electron chi connectivity index (χ1n) is 7.13. The SMILES string of the molecule is CCC1CC(C)(CC)N(CCO)c2ccccc21. The first-order chi connectivity index (χ1) is 8.66. The van der Waals surface area contributed by atoms with E-state index in [0.29, 0.717) is 5.92 Å². The van der Waals surface area contributed by atoms with Crippen LogP contribution in [0.2, 0.25) is 0 Å². The van der Waals surface area contributed by atoms with Crippen LogP contribution < -0.4 is 4.90 Å². The van der Waals surface area contributed by atoms with Crippen molar-refractivity contribution in [2.45, 2.75) is 51.5 Å². The highest BCUT2D eigenvalue weighted by Crippen LogP contribution is 2.45. The lowest BCUT2D eigenvalue weighted by Gasteiger charge is -2.49. The predicted octanol–water partition coefficient (Wildman–Crippen LogP) is 3.55. The molecule has 0 aromatic heterocycles. The number of hydrogen-bond donors (Lipinski definition) is 1. The third kappa shape index (κ3) is 2.14. The van der Waals surface area contributed by atoms with E-state index in [9.17, 15) is 5.11 Å². The Hall–Kier alpha value is -1.02. The Morgan fingerprint density at radius 1 is 1.33 bits per heavy atom. The number of β-amino-alcohol motifs (C(OH)–C–C–N with tert-alkyl or cyclic N) is 1. The second-order valence-electron chi connectivity index (χ2n) is 5.59. The van der Waals surface area contributed by atoms with Crippen LogP contribution in [0.3, 0.4) is 0 Å². The number of fused-ring (bicyclic) bond motifs is 1. The molecular formula is C16H25NO. The van der Waals surface area contributed by atoms with Gasteiger partial charge in [0.1, 0.15) is 0 Å². The molecule has 2 unspecified atom stereocenters. The summed E-state index contributed by atoms with van der Waals surface area (Å²) in [5.41, 5.74) is 2.96. The summed E-state index contributed by atoms with van der Waals surface area (Å²) in [6.07, 6.45) is 3.51. The largest absolute Gasteiger partial charge is 0.395 e. The van der Waals surface area contributed by atoms with Crippen LogP contribution in [0.4, 0.5) is 5.69 Å². The van der Waals surface area contributed by atoms with Gasteiger partial charge in [0.2, 0.25) is 0 Å². The van der Waals surface area contributed by atoms with E-state index in [1.165, 1.54) is 24.1 Å². The molecule has 1 aromatic rings. The highest BCUT2D eigenvalue weighted by molar-refractivity contribution is 5.59. The van der Waals surface area contributed by atoms with Gasteiger partial charge in [0.05, 0.1) is 6.61 Å². The first kappa shape index (κ1) is 13.4. The van der Waals surface area contributed by atoms with Gasteiger partial charge in [-0.15, -0.1) is 0 Å². The summed E-state index contributed by atoms with van der Waals surface area (Å²) in [4.78, 5) is 2.41. The zero-order valence-corrected chi connectivity index (χ0v) is 11.8. The lowest BCUT2D eigenvalue weighted by atomic mass is 9.76. The summed E-state index contributed by atoms with van der Waals surface area (Å²) in [5.74, 6) is 0.654. The third-order valence-corrected chi connectivity index (χ3v) is 4.58. The van der Waals surface area contributed by atoms with E-state index >= 15 is 0 Å². The van der Waals surface area contributed by atoms with Gasteiger partial charge in [-0.05, 0) is 43.7 Å². The number of para-hydroxylation sites is 1. The van der Waals surface area contributed by atoms with Gasteiger partial charge in [-0.1, -0.05) is 32.0 Å². The summed E-state index contributed by atoms with van der Waals surface area (Å²) >= 11 is 0. The average molecular weight is 247 g/mol. The maximum absolute atomic E-state index is 9.35. The highest BCUT2D eigenvalue weighted by atomic mass is 16.3. The van der Waals surface area contributed by atoms with Crippen LogP contribution in [0.5, 0.6) is 0 Å². The molecule has 0 radical (unpaired) electrons. The lowest BCUT2D eigenvalue weighted by molar-refractivity contribution is 0.263. The molecule has 0 saturated carbocycles. The van der Waals surface area contributed by atoms with Crippen molar-refractivity contribution >= 4 is 5.69 Å². The molecule has 18 heavy (non-hydrogen) atoms. The van der Waals surface area contributed by atoms with Gasteiger partial charge >= 0.3 is 0 Å². The smallest absolute Gasteiger partial charge is 0.0606 e. The predicted molar refractivity (Wildman–Crippen MR) is 77.2 cm³/mol. The van der Waals surface area contributed by atoms with Crippen molar-refractivity contribution in [2.24, 2.45) is 0 Å². The van der Waals surface area contributed by atoms with Crippen LogP contribution >= 0.6 is 0 Å². The van der Waals surface area contributed by atoms with Gasteiger partial charge in [-0.25, -0.2) is 0 Å². The van der Waals surface area contributed by atoms with E-state index in [1.807, 2.05) is 0 Å². The second kappa shape index (κ2) is 5.31. The second-order valence-corrected chi connectivity index (χ2v) is 5.59. The monoisotopic (exact) mass is 247 g/mol. The first-order valence-corrected chi connectivity index (χ1v) is 7.13. The Morgan fingerprint density at radius 3 is 2.67 bits per heavy atom. The van der Waals surface area contributed by atoms with E-state index in [-0.39, 0.29) is 12.1 Å². The van der Waals surface area contributed by atoms with Gasteiger partial charge in [0, 0.05) is 17.8 Å². The van der Waals surface area contributed by atoms with Crippen LogP contribution in [0.25, 0.3) is 0 Å². The lowest BCUT2D eigenvalue weighted by Crippen LogP contribution is -2.51. The number of anilines is 1. The molecule has 100 valence electrons. The molecule has 2 nitrogen and oxygen atoms in total. The fraction of sp³-hybridized carbons (Fsp3) is 0.625. The molecule has 2 rings (SSSR count). The molecule has 1 aromatic carbocycles. The highest BCUT2D eigenvalue weighted by Gasteiger charge is 2.38. The molecule has 2 atom stereocenters. The molecule has 0 saturated heterocycles. The van der Waals surface area contributed by atoms with Crippen LogP contribution in [0.15, 0.2) is 24.3 Å². The van der Waals surface area contributed by atoms with Gasteiger partial charge in [0.15, 0.2) is 0 Å². The Bertz CT molecular complexity index is 404. The normalized spacial score (nSPS) is 27.1. The van der Waals surface area contributed by atoms with E-state index in [4.69, 9.17) is 0 Å². The van der Waals surface area contributed by atoms with Crippen LogP contribution in [-0.2, 0) is 0 Å². The maximum atomic E-state index is 9.35. The van der Waals surface area contributed by atoms with Crippen LogP contribution in [0.1, 0.15) is 51.5 Å². The number of benzene rings is 1. The number of aliphatic hydroxyl groups excluding tert-OH is 1. The number of aliphatic hydroxyl groups is 1. The van der Waals surface area contributed by atoms with E-state index in [2.05, 4.69) is 49.9 Å². The van der Waals surface area contributed by atoms with Crippen molar-refractivity contribution < 1.29 is 5.11 Å². The number of nitrogens with zero attached hydrogens (tertiary/aromatic N) is 1. The van der Waals surface area contributed by atoms with Gasteiger partial charge in [0.25, 0.3) is 0 Å². The zero-order valence-electron chi connectivity index (χ0n) is 11.8. The fourth-order valence-electron chi connectivity index (χ4n) is 3.31. The van der Waals surface area contributed by atoms with Crippen LogP contribution in [0, 0.1) is 0 Å². The van der Waals surface area contributed by atoms with Crippen molar-refractivity contribution in [3.8, 4) is 0 Å². The van der Waals surface area contributed by atoms with Crippen molar-refractivity contribution in [1.29, 1.82) is 0 Å². The molecular weight excluding hydrogens is 222 g/mol. The number of hydrogen-bond acceptors (Lipinski definition) is 2. The summed E-state index contributed by atoms with van der Waals surface area (Å²) in [7, 11) is 0. The molecule has 1 aliphatic heterocycles. The molecule has 1 heterocycles. The zero-order chi connectivity index (χ0) is 13.2. The minimum absolute atomic E-state index is 0.178. The van der Waals surface area contributed by atoms with Crippen LogP contribution in [-0.4, -0.2) is 23.8 Å². The van der Waals surface area contributed by atoms with Crippen molar-refractivity contribution in [1.82, 2.24) is 0 Å². The maximum Gasteiger partial charge on any atom is 0.0606 e. The van der Waals surface area contributed by atoms with E-state index in [0.717, 1.165) is 13.0 Å². The summed E-state index contributed by atoms with van der Waals surface area (Å²) in [6, 6.07) is 8.70. The molecule has 0 amide bonds. The van der Waals surface area contributed by atoms with E-state index in [1.54, 1.807) is 0 Å². The Balaban J connectivity index is 2.47. The third-order valence-electron chi connectivity index (χ3n) is 4.58.